The molecule has 1 saturated carbocycles. The normalized spacial score (nSPS) is 20.3. The molecular weight excluding hydrogens is 422 g/mol. The van der Waals surface area contributed by atoms with Gasteiger partial charge in [0, 0.05) is 49.3 Å². The molecule has 1 unspecified atom stereocenters. The number of benzene rings is 1. The summed E-state index contributed by atoms with van der Waals surface area (Å²) in [6.45, 7) is 9.01. The molecule has 2 aliphatic rings. The predicted octanol–water partition coefficient (Wildman–Crippen LogP) is 5.32. The number of nitrogens with one attached hydrogen (secondary N) is 1. The molecule has 1 aliphatic carbocycles. The van der Waals surface area contributed by atoms with Gasteiger partial charge in [0.15, 0.2) is 10.3 Å². The van der Waals surface area contributed by atoms with E-state index in [9.17, 15) is 0 Å². The van der Waals surface area contributed by atoms with Gasteiger partial charge in [0.2, 0.25) is 0 Å². The van der Waals surface area contributed by atoms with Crippen molar-refractivity contribution in [2.45, 2.75) is 64.8 Å². The second-order valence-corrected chi connectivity index (χ2v) is 10.3. The first kappa shape index (κ1) is 24.3. The number of rotatable bonds is 6. The van der Waals surface area contributed by atoms with E-state index in [1.807, 2.05) is 0 Å². The van der Waals surface area contributed by atoms with Gasteiger partial charge >= 0.3 is 0 Å². The number of piperazine rings is 1. The smallest absolute Gasteiger partial charge is 0.199 e. The molecule has 5 nitrogen and oxygen atoms in total. The van der Waals surface area contributed by atoms with Crippen LogP contribution in [0.3, 0.4) is 0 Å². The minimum atomic E-state index is 0.431. The van der Waals surface area contributed by atoms with Crippen LogP contribution in [-0.2, 0) is 0 Å². The molecule has 1 heterocycles. The van der Waals surface area contributed by atoms with Crippen LogP contribution < -0.4 is 16.0 Å². The van der Waals surface area contributed by atoms with Crippen LogP contribution in [0.25, 0.3) is 0 Å². The maximum atomic E-state index is 6.12. The van der Waals surface area contributed by atoms with Crippen LogP contribution in [-0.4, -0.2) is 53.2 Å². The minimum absolute atomic E-state index is 0.431. The lowest BCUT2D eigenvalue weighted by Crippen LogP contribution is -2.49. The molecule has 0 radical (unpaired) electrons. The molecule has 31 heavy (non-hydrogen) atoms. The third kappa shape index (κ3) is 7.95. The number of thiocarbonyl (C=S) groups is 1. The lowest BCUT2D eigenvalue weighted by atomic mass is 10.0. The zero-order chi connectivity index (χ0) is 22.1. The van der Waals surface area contributed by atoms with Crippen molar-refractivity contribution in [1.82, 2.24) is 4.90 Å². The van der Waals surface area contributed by atoms with E-state index in [0.717, 1.165) is 43.5 Å². The van der Waals surface area contributed by atoms with Crippen LogP contribution in [0, 0.1) is 5.92 Å². The fourth-order valence-electron chi connectivity index (χ4n) is 4.45. The molecule has 0 bridgehead atoms. The zero-order valence-electron chi connectivity index (χ0n) is 19.2. The molecule has 3 N–H and O–H groups in total. The fraction of sp³-hybridized carbons (Fsp3) is 0.667. The number of aliphatic imine (C=N–C) groups is 1. The number of amidine groups is 1. The van der Waals surface area contributed by atoms with Crippen LogP contribution in [0.1, 0.15) is 58.8 Å². The average Bonchev–Trinajstić information content (AvgIpc) is 3.07. The SMILES string of the molecule is CCC(C)N1CCN(c2ccc(NC(=S)/N=C(\N)SCC3CCCCCC3)cc2)CC1. The maximum Gasteiger partial charge on any atom is 0.199 e. The number of nitrogens with two attached hydrogens (primary N) is 1. The molecule has 1 aromatic rings. The van der Waals surface area contributed by atoms with E-state index in [2.05, 4.69) is 58.2 Å². The lowest BCUT2D eigenvalue weighted by Gasteiger charge is -2.39. The Morgan fingerprint density at radius 3 is 2.39 bits per heavy atom. The Hall–Kier alpha value is -1.31. The molecule has 172 valence electrons. The monoisotopic (exact) mass is 461 g/mol. The summed E-state index contributed by atoms with van der Waals surface area (Å²) in [5.74, 6) is 1.82. The van der Waals surface area contributed by atoms with Gasteiger partial charge in [0.1, 0.15) is 0 Å². The van der Waals surface area contributed by atoms with E-state index in [0.29, 0.717) is 16.3 Å². The van der Waals surface area contributed by atoms with E-state index in [1.54, 1.807) is 11.8 Å². The largest absolute Gasteiger partial charge is 0.378 e. The van der Waals surface area contributed by atoms with Crippen molar-refractivity contribution in [3.05, 3.63) is 24.3 Å². The van der Waals surface area contributed by atoms with Crippen LogP contribution in [0.15, 0.2) is 29.3 Å². The van der Waals surface area contributed by atoms with Gasteiger partial charge in [-0.05, 0) is 68.6 Å². The highest BCUT2D eigenvalue weighted by molar-refractivity contribution is 8.13. The summed E-state index contributed by atoms with van der Waals surface area (Å²) in [5, 5.41) is 4.20. The Morgan fingerprint density at radius 1 is 1.13 bits per heavy atom. The summed E-state index contributed by atoms with van der Waals surface area (Å²) in [6, 6.07) is 9.16. The summed E-state index contributed by atoms with van der Waals surface area (Å²) < 4.78 is 0. The molecular formula is C24H39N5S2. The summed E-state index contributed by atoms with van der Waals surface area (Å²) >= 11 is 7.05. The Kier molecular flexibility index (Phi) is 9.94. The van der Waals surface area contributed by atoms with E-state index < -0.39 is 0 Å². The summed E-state index contributed by atoms with van der Waals surface area (Å²) in [7, 11) is 0. The number of hydrogen-bond donors (Lipinski definition) is 2. The van der Waals surface area contributed by atoms with E-state index in [4.69, 9.17) is 18.0 Å². The van der Waals surface area contributed by atoms with E-state index in [1.165, 1.54) is 50.6 Å². The molecule has 2 fully saturated rings. The van der Waals surface area contributed by atoms with Gasteiger partial charge in [0.05, 0.1) is 0 Å². The summed E-state index contributed by atoms with van der Waals surface area (Å²) in [5.41, 5.74) is 8.35. The van der Waals surface area contributed by atoms with Crippen molar-refractivity contribution in [2.75, 3.05) is 42.1 Å². The second-order valence-electron chi connectivity index (χ2n) is 8.88. The van der Waals surface area contributed by atoms with Gasteiger partial charge in [-0.15, -0.1) is 0 Å². The fourth-order valence-corrected chi connectivity index (χ4v) is 5.62. The van der Waals surface area contributed by atoms with Crippen LogP contribution in [0.4, 0.5) is 11.4 Å². The molecule has 0 spiro atoms. The van der Waals surface area contributed by atoms with Gasteiger partial charge in [-0.25, -0.2) is 0 Å². The van der Waals surface area contributed by atoms with Crippen LogP contribution in [0.5, 0.6) is 0 Å². The highest BCUT2D eigenvalue weighted by Gasteiger charge is 2.20. The Labute approximate surface area is 198 Å². The first-order chi connectivity index (χ1) is 15.0. The van der Waals surface area contributed by atoms with Gasteiger partial charge in [-0.3, -0.25) is 4.90 Å². The minimum Gasteiger partial charge on any atom is -0.378 e. The average molecular weight is 462 g/mol. The number of nitrogens with zero attached hydrogens (tertiary/aromatic N) is 3. The standard InChI is InChI=1S/C24H39N5S2/c1-3-19(2)28-14-16-29(17-15-28)22-12-10-21(11-13-22)26-24(30)27-23(25)31-18-20-8-6-4-5-7-9-20/h10-13,19-20H,3-9,14-18H2,1-2H3,(H3,25,26,27,30). The van der Waals surface area contributed by atoms with Gasteiger partial charge < -0.3 is 16.0 Å². The van der Waals surface area contributed by atoms with Crippen molar-refractivity contribution in [3.63, 3.8) is 0 Å². The quantitative estimate of drug-likeness (QED) is 0.259. The van der Waals surface area contributed by atoms with Crippen molar-refractivity contribution < 1.29 is 0 Å². The van der Waals surface area contributed by atoms with Crippen LogP contribution >= 0.6 is 24.0 Å². The Balaban J connectivity index is 1.43. The topological polar surface area (TPSA) is 56.9 Å². The third-order valence-corrected chi connectivity index (χ3v) is 7.88. The van der Waals surface area contributed by atoms with Crippen molar-refractivity contribution in [1.29, 1.82) is 0 Å². The number of hydrogen-bond acceptors (Lipinski definition) is 4. The number of anilines is 2. The molecule has 1 aromatic carbocycles. The molecule has 1 atom stereocenters. The molecule has 1 saturated heterocycles. The van der Waals surface area contributed by atoms with E-state index >= 15 is 0 Å². The van der Waals surface area contributed by atoms with E-state index in [-0.39, 0.29) is 0 Å². The maximum absolute atomic E-state index is 6.12. The molecule has 7 heteroatoms. The number of thioether (sulfide) groups is 1. The van der Waals surface area contributed by atoms with Gasteiger partial charge in [0.25, 0.3) is 0 Å². The lowest BCUT2D eigenvalue weighted by molar-refractivity contribution is 0.193. The Morgan fingerprint density at radius 2 is 1.77 bits per heavy atom. The Bertz CT molecular complexity index is 705. The first-order valence-corrected chi connectivity index (χ1v) is 13.3. The highest BCUT2D eigenvalue weighted by Crippen LogP contribution is 2.26. The van der Waals surface area contributed by atoms with Crippen molar-refractivity contribution in [2.24, 2.45) is 16.6 Å². The van der Waals surface area contributed by atoms with Crippen molar-refractivity contribution >= 4 is 45.6 Å². The van der Waals surface area contributed by atoms with Gasteiger partial charge in [-0.1, -0.05) is 44.4 Å². The molecule has 3 rings (SSSR count). The molecule has 0 aromatic heterocycles. The third-order valence-electron chi connectivity index (χ3n) is 6.67. The van der Waals surface area contributed by atoms with Crippen LogP contribution in [0.2, 0.25) is 0 Å². The predicted molar refractivity (Wildman–Crippen MR) is 141 cm³/mol. The second kappa shape index (κ2) is 12.7. The zero-order valence-corrected chi connectivity index (χ0v) is 20.8. The van der Waals surface area contributed by atoms with Crippen molar-refractivity contribution in [3.8, 4) is 0 Å². The van der Waals surface area contributed by atoms with Gasteiger partial charge in [-0.2, -0.15) is 4.99 Å². The first-order valence-electron chi connectivity index (χ1n) is 11.9. The highest BCUT2D eigenvalue weighted by atomic mass is 32.2. The summed E-state index contributed by atoms with van der Waals surface area (Å²) in [4.78, 5) is 9.43. The molecule has 1 aliphatic heterocycles. The summed E-state index contributed by atoms with van der Waals surface area (Å²) in [6.07, 6.45) is 9.32. The molecule has 0 amide bonds.